The molecule has 1 amide bonds. The van der Waals surface area contributed by atoms with Gasteiger partial charge in [-0.05, 0) is 29.2 Å². The Morgan fingerprint density at radius 1 is 1.33 bits per heavy atom. The van der Waals surface area contributed by atoms with E-state index in [-0.39, 0.29) is 24.1 Å². The number of amides is 1. The van der Waals surface area contributed by atoms with Gasteiger partial charge in [-0.3, -0.25) is 9.89 Å². The zero-order valence-electron chi connectivity index (χ0n) is 15.3. The van der Waals surface area contributed by atoms with E-state index in [9.17, 15) is 27.9 Å². The normalized spacial score (nSPS) is 17.1. The number of aromatic amines is 1. The van der Waals surface area contributed by atoms with Gasteiger partial charge in [-0.1, -0.05) is 35.9 Å². The number of fused-ring (bicyclic) bond motifs is 3. The van der Waals surface area contributed by atoms with E-state index in [1.807, 2.05) is 0 Å². The molecule has 0 spiro atoms. The van der Waals surface area contributed by atoms with Gasteiger partial charge in [0.1, 0.15) is 6.54 Å². The second-order valence-electron chi connectivity index (χ2n) is 7.10. The number of carboxylic acid groups (broad SMARTS) is 1. The predicted molar refractivity (Wildman–Crippen MR) is 99.8 cm³/mol. The molecular formula is C20H14ClF3N3O3-. The molecule has 1 atom stereocenters. The third-order valence-corrected chi connectivity index (χ3v) is 5.50. The van der Waals surface area contributed by atoms with E-state index in [2.05, 4.69) is 10.2 Å². The monoisotopic (exact) mass is 436 g/mol. The minimum absolute atomic E-state index is 0.00629. The molecule has 2 aromatic carbocycles. The summed E-state index contributed by atoms with van der Waals surface area (Å²) in [5.41, 5.74) is 1.38. The lowest BCUT2D eigenvalue weighted by Crippen LogP contribution is -2.40. The molecule has 0 saturated heterocycles. The molecular weight excluding hydrogens is 423 g/mol. The average molecular weight is 437 g/mol. The Bertz CT molecular complexity index is 1160. The lowest BCUT2D eigenvalue weighted by Gasteiger charge is -2.27. The van der Waals surface area contributed by atoms with Crippen molar-refractivity contribution in [3.8, 4) is 0 Å². The highest BCUT2D eigenvalue weighted by Gasteiger charge is 2.39. The zero-order valence-corrected chi connectivity index (χ0v) is 16.0. The predicted octanol–water partition coefficient (Wildman–Crippen LogP) is 2.81. The van der Waals surface area contributed by atoms with Crippen LogP contribution in [-0.4, -0.2) is 39.7 Å². The van der Waals surface area contributed by atoms with Gasteiger partial charge in [0.15, 0.2) is 0 Å². The Balaban J connectivity index is 1.91. The molecule has 3 aromatic rings. The van der Waals surface area contributed by atoms with Crippen molar-refractivity contribution in [2.75, 3.05) is 6.54 Å². The first-order valence-corrected chi connectivity index (χ1v) is 9.32. The van der Waals surface area contributed by atoms with E-state index in [0.717, 1.165) is 0 Å². The third kappa shape index (κ3) is 3.60. The minimum Gasteiger partial charge on any atom is -0.545 e. The Labute approximate surface area is 173 Å². The van der Waals surface area contributed by atoms with Crippen LogP contribution in [0.4, 0.5) is 13.2 Å². The average Bonchev–Trinajstić information content (AvgIpc) is 3.12. The van der Waals surface area contributed by atoms with Crippen molar-refractivity contribution in [3.05, 3.63) is 63.8 Å². The van der Waals surface area contributed by atoms with Crippen molar-refractivity contribution in [1.82, 2.24) is 15.1 Å². The molecule has 0 unspecified atom stereocenters. The Morgan fingerprint density at radius 2 is 2.07 bits per heavy atom. The van der Waals surface area contributed by atoms with Gasteiger partial charge in [0, 0.05) is 17.5 Å². The van der Waals surface area contributed by atoms with Crippen molar-refractivity contribution in [2.24, 2.45) is 0 Å². The number of H-pyrrole nitrogens is 1. The number of halogens is 4. The van der Waals surface area contributed by atoms with E-state index in [4.69, 9.17) is 11.6 Å². The molecule has 1 aromatic heterocycles. The fourth-order valence-electron chi connectivity index (χ4n) is 3.93. The van der Waals surface area contributed by atoms with Crippen molar-refractivity contribution >= 4 is 34.4 Å². The first kappa shape index (κ1) is 20.2. The van der Waals surface area contributed by atoms with Gasteiger partial charge >= 0.3 is 6.18 Å². The maximum atomic E-state index is 13.2. The number of aromatic carboxylic acids is 1. The van der Waals surface area contributed by atoms with Crippen LogP contribution in [0.25, 0.3) is 10.9 Å². The van der Waals surface area contributed by atoms with E-state index < -0.39 is 30.5 Å². The van der Waals surface area contributed by atoms with Crippen LogP contribution in [0.2, 0.25) is 5.02 Å². The zero-order chi connectivity index (χ0) is 21.6. The number of benzene rings is 2. The number of carboxylic acids is 1. The second kappa shape index (κ2) is 7.32. The highest BCUT2D eigenvalue weighted by atomic mass is 35.5. The SMILES string of the molecule is O=C([O-])c1ccccc1[C@H]1Cc2cc(Cl)c3[nH]ncc3c2CN(CC(F)(F)F)C1=O. The molecule has 1 aliphatic heterocycles. The Hall–Kier alpha value is -3.07. The van der Waals surface area contributed by atoms with Gasteiger partial charge < -0.3 is 14.8 Å². The molecule has 156 valence electrons. The molecule has 2 heterocycles. The quantitative estimate of drug-likeness (QED) is 0.683. The number of rotatable bonds is 3. The Kier molecular flexibility index (Phi) is 4.93. The molecule has 1 aliphatic rings. The summed E-state index contributed by atoms with van der Waals surface area (Å²) in [6, 6.07) is 7.26. The second-order valence-corrected chi connectivity index (χ2v) is 7.50. The Morgan fingerprint density at radius 3 is 2.77 bits per heavy atom. The highest BCUT2D eigenvalue weighted by Crippen LogP contribution is 2.37. The number of carbonyl (C=O) groups is 2. The lowest BCUT2D eigenvalue weighted by molar-refractivity contribution is -0.255. The summed E-state index contributed by atoms with van der Waals surface area (Å²) >= 11 is 6.29. The summed E-state index contributed by atoms with van der Waals surface area (Å²) in [5, 5.41) is 19.0. The molecule has 10 heteroatoms. The smallest absolute Gasteiger partial charge is 0.406 e. The topological polar surface area (TPSA) is 89.1 Å². The van der Waals surface area contributed by atoms with Crippen molar-refractivity contribution in [3.63, 3.8) is 0 Å². The molecule has 0 bridgehead atoms. The van der Waals surface area contributed by atoms with Crippen molar-refractivity contribution < 1.29 is 27.9 Å². The largest absolute Gasteiger partial charge is 0.545 e. The van der Waals surface area contributed by atoms with Gasteiger partial charge in [0.2, 0.25) is 5.91 Å². The van der Waals surface area contributed by atoms with E-state index in [0.29, 0.717) is 32.0 Å². The van der Waals surface area contributed by atoms with Crippen LogP contribution < -0.4 is 5.11 Å². The van der Waals surface area contributed by atoms with E-state index >= 15 is 0 Å². The number of hydrogen-bond acceptors (Lipinski definition) is 4. The molecule has 6 nitrogen and oxygen atoms in total. The molecule has 0 aliphatic carbocycles. The minimum atomic E-state index is -4.62. The summed E-state index contributed by atoms with van der Waals surface area (Å²) in [7, 11) is 0. The van der Waals surface area contributed by atoms with E-state index in [1.54, 1.807) is 6.07 Å². The maximum absolute atomic E-state index is 13.2. The standard InChI is InChI=1S/C20H15ClF3N3O3/c21-16-6-10-5-13(11-3-1-2-4-12(11)19(29)30)18(28)27(9-20(22,23)24)8-15(10)14-7-25-26-17(14)16/h1-4,6-7,13H,5,8-9H2,(H,25,26)(H,29,30)/p-1/t13-/m1/s1. The van der Waals surface area contributed by atoms with Gasteiger partial charge in [-0.15, -0.1) is 0 Å². The summed E-state index contributed by atoms with van der Waals surface area (Å²) < 4.78 is 39.7. The fraction of sp³-hybridized carbons (Fsp3) is 0.250. The van der Waals surface area contributed by atoms with Crippen LogP contribution in [0, 0.1) is 0 Å². The van der Waals surface area contributed by atoms with Crippen LogP contribution in [0.15, 0.2) is 36.5 Å². The number of alkyl halides is 3. The van der Waals surface area contributed by atoms with Gasteiger partial charge in [-0.25, -0.2) is 0 Å². The summed E-state index contributed by atoms with van der Waals surface area (Å²) in [4.78, 5) is 25.4. The summed E-state index contributed by atoms with van der Waals surface area (Å²) in [6.45, 7) is -1.76. The molecule has 0 radical (unpaired) electrons. The first-order valence-electron chi connectivity index (χ1n) is 8.95. The van der Waals surface area contributed by atoms with Crippen molar-refractivity contribution in [2.45, 2.75) is 25.1 Å². The van der Waals surface area contributed by atoms with Gasteiger partial charge in [0.05, 0.1) is 28.6 Å². The number of carbonyl (C=O) groups excluding carboxylic acids is 2. The van der Waals surface area contributed by atoms with E-state index in [1.165, 1.54) is 30.5 Å². The molecule has 0 fully saturated rings. The fourth-order valence-corrected chi connectivity index (χ4v) is 4.20. The number of hydrogen-bond donors (Lipinski definition) is 1. The molecule has 30 heavy (non-hydrogen) atoms. The molecule has 4 rings (SSSR count). The lowest BCUT2D eigenvalue weighted by atomic mass is 9.87. The van der Waals surface area contributed by atoms with Crippen LogP contribution in [-0.2, 0) is 17.8 Å². The van der Waals surface area contributed by atoms with Crippen LogP contribution in [0.5, 0.6) is 0 Å². The van der Waals surface area contributed by atoms with Gasteiger partial charge in [0.25, 0.3) is 0 Å². The first-order chi connectivity index (χ1) is 14.2. The maximum Gasteiger partial charge on any atom is 0.406 e. The number of nitrogens with zero attached hydrogens (tertiary/aromatic N) is 2. The van der Waals surface area contributed by atoms with Gasteiger partial charge in [-0.2, -0.15) is 18.3 Å². The highest BCUT2D eigenvalue weighted by molar-refractivity contribution is 6.35. The van der Waals surface area contributed by atoms with Crippen molar-refractivity contribution in [1.29, 1.82) is 0 Å². The van der Waals surface area contributed by atoms with Crippen LogP contribution in [0.1, 0.15) is 33.0 Å². The number of aromatic nitrogens is 2. The molecule has 0 saturated carbocycles. The third-order valence-electron chi connectivity index (χ3n) is 5.20. The summed E-state index contributed by atoms with van der Waals surface area (Å²) in [6.07, 6.45) is -3.18. The number of nitrogens with one attached hydrogen (secondary N) is 1. The molecule has 1 N–H and O–H groups in total. The summed E-state index contributed by atoms with van der Waals surface area (Å²) in [5.74, 6) is -3.46. The van der Waals surface area contributed by atoms with Crippen LogP contribution in [0.3, 0.4) is 0 Å². The van der Waals surface area contributed by atoms with Crippen LogP contribution >= 0.6 is 11.6 Å².